The van der Waals surface area contributed by atoms with Crippen LogP contribution in [-0.4, -0.2) is 11.5 Å². The largest absolute Gasteiger partial charge is 0.370 e. The van der Waals surface area contributed by atoms with Crippen molar-refractivity contribution in [3.8, 4) is 0 Å². The van der Waals surface area contributed by atoms with E-state index in [0.717, 1.165) is 17.9 Å². The second kappa shape index (κ2) is 4.21. The van der Waals surface area contributed by atoms with Crippen molar-refractivity contribution in [2.45, 2.75) is 34.6 Å². The zero-order valence-electron chi connectivity index (χ0n) is 13.1. The molecular formula is C18H24N2. The minimum Gasteiger partial charge on any atom is -0.370 e. The Kier molecular flexibility index (Phi) is 2.82. The smallest absolute Gasteiger partial charge is 0.129 e. The summed E-state index contributed by atoms with van der Waals surface area (Å²) >= 11 is 0. The molecule has 1 aliphatic carbocycles. The first-order valence-corrected chi connectivity index (χ1v) is 7.44. The molecule has 0 bridgehead atoms. The summed E-state index contributed by atoms with van der Waals surface area (Å²) in [6, 6.07) is 10.5. The molecule has 3 rings (SSSR count). The lowest BCUT2D eigenvalue weighted by molar-refractivity contribution is 0.457. The van der Waals surface area contributed by atoms with E-state index in [9.17, 15) is 0 Å². The zero-order chi connectivity index (χ0) is 14.5. The fraction of sp³-hybridized carbons (Fsp3) is 0.500. The lowest BCUT2D eigenvalue weighted by atomic mass is 10.0. The predicted molar refractivity (Wildman–Crippen MR) is 86.0 cm³/mol. The van der Waals surface area contributed by atoms with Gasteiger partial charge in [0.25, 0.3) is 0 Å². The number of rotatable bonds is 3. The highest BCUT2D eigenvalue weighted by Gasteiger charge is 2.64. The predicted octanol–water partition coefficient (Wildman–Crippen LogP) is 4.64. The van der Waals surface area contributed by atoms with Gasteiger partial charge in [0.15, 0.2) is 0 Å². The summed E-state index contributed by atoms with van der Waals surface area (Å²) in [5.41, 5.74) is 3.13. The molecule has 0 radical (unpaired) electrons. The van der Waals surface area contributed by atoms with E-state index in [-0.39, 0.29) is 0 Å². The Hall–Kier alpha value is -1.57. The topological polar surface area (TPSA) is 24.9 Å². The van der Waals surface area contributed by atoms with Crippen LogP contribution in [-0.2, 0) is 0 Å². The normalized spacial score (nSPS) is 20.1. The van der Waals surface area contributed by atoms with Gasteiger partial charge in [0.1, 0.15) is 5.82 Å². The Morgan fingerprint density at radius 3 is 2.40 bits per heavy atom. The van der Waals surface area contributed by atoms with Crippen molar-refractivity contribution in [2.24, 2.45) is 16.7 Å². The van der Waals surface area contributed by atoms with Gasteiger partial charge in [-0.2, -0.15) is 0 Å². The lowest BCUT2D eigenvalue weighted by Crippen LogP contribution is -2.10. The number of para-hydroxylation sites is 1. The van der Waals surface area contributed by atoms with Crippen molar-refractivity contribution < 1.29 is 0 Å². The van der Waals surface area contributed by atoms with E-state index in [2.05, 4.69) is 64.2 Å². The molecule has 1 aromatic heterocycles. The molecule has 1 N–H and O–H groups in total. The molecule has 1 fully saturated rings. The van der Waals surface area contributed by atoms with Crippen molar-refractivity contribution in [1.82, 2.24) is 4.98 Å². The van der Waals surface area contributed by atoms with Crippen LogP contribution in [0.3, 0.4) is 0 Å². The highest BCUT2D eigenvalue weighted by molar-refractivity contribution is 5.81. The molecule has 1 aliphatic rings. The molecule has 0 aliphatic heterocycles. The van der Waals surface area contributed by atoms with Crippen LogP contribution in [0.1, 0.15) is 33.3 Å². The molecule has 0 amide bonds. The number of aromatic nitrogens is 1. The Balaban J connectivity index is 1.80. The highest BCUT2D eigenvalue weighted by Crippen LogP contribution is 2.68. The van der Waals surface area contributed by atoms with Gasteiger partial charge >= 0.3 is 0 Å². The third-order valence-corrected chi connectivity index (χ3v) is 5.71. The number of pyridine rings is 1. The van der Waals surface area contributed by atoms with E-state index in [4.69, 9.17) is 4.98 Å². The maximum Gasteiger partial charge on any atom is 0.129 e. The number of fused-ring (bicyclic) bond motifs is 1. The van der Waals surface area contributed by atoms with Gasteiger partial charge in [-0.1, -0.05) is 45.9 Å². The van der Waals surface area contributed by atoms with Crippen LogP contribution in [0.15, 0.2) is 30.3 Å². The molecule has 1 aromatic carbocycles. The van der Waals surface area contributed by atoms with Crippen molar-refractivity contribution in [3.05, 3.63) is 35.9 Å². The Morgan fingerprint density at radius 2 is 1.75 bits per heavy atom. The van der Waals surface area contributed by atoms with E-state index in [0.29, 0.717) is 16.7 Å². The second-order valence-corrected chi connectivity index (χ2v) is 7.22. The molecule has 0 saturated heterocycles. The third-order valence-electron chi connectivity index (χ3n) is 5.71. The summed E-state index contributed by atoms with van der Waals surface area (Å²) in [4.78, 5) is 4.76. The Labute approximate surface area is 121 Å². The van der Waals surface area contributed by atoms with Crippen LogP contribution in [0.5, 0.6) is 0 Å². The van der Waals surface area contributed by atoms with Crippen LogP contribution < -0.4 is 5.32 Å². The molecule has 2 nitrogen and oxygen atoms in total. The molecule has 2 aromatic rings. The summed E-state index contributed by atoms with van der Waals surface area (Å²) in [7, 11) is 0. The summed E-state index contributed by atoms with van der Waals surface area (Å²) in [6.45, 7) is 12.6. The molecule has 0 atom stereocenters. The van der Waals surface area contributed by atoms with Gasteiger partial charge in [-0.15, -0.1) is 0 Å². The molecular weight excluding hydrogens is 244 g/mol. The molecule has 0 spiro atoms. The Bertz CT molecular complexity index is 642. The van der Waals surface area contributed by atoms with Crippen LogP contribution >= 0.6 is 0 Å². The van der Waals surface area contributed by atoms with E-state index < -0.39 is 0 Å². The summed E-state index contributed by atoms with van der Waals surface area (Å²) in [6.07, 6.45) is 0. The van der Waals surface area contributed by atoms with Crippen LogP contribution in [0.25, 0.3) is 10.9 Å². The summed E-state index contributed by atoms with van der Waals surface area (Å²) in [5, 5.41) is 4.78. The Morgan fingerprint density at radius 1 is 1.10 bits per heavy atom. The van der Waals surface area contributed by atoms with Gasteiger partial charge in [0.05, 0.1) is 5.52 Å². The van der Waals surface area contributed by atoms with E-state index in [1.807, 2.05) is 6.07 Å². The van der Waals surface area contributed by atoms with E-state index >= 15 is 0 Å². The van der Waals surface area contributed by atoms with Crippen LogP contribution in [0.4, 0.5) is 5.82 Å². The lowest BCUT2D eigenvalue weighted by Gasteiger charge is -2.11. The quantitative estimate of drug-likeness (QED) is 0.877. The van der Waals surface area contributed by atoms with Gasteiger partial charge in [-0.3, -0.25) is 0 Å². The summed E-state index contributed by atoms with van der Waals surface area (Å²) in [5.74, 6) is 1.74. The second-order valence-electron chi connectivity index (χ2n) is 7.22. The fourth-order valence-electron chi connectivity index (χ4n) is 3.44. The van der Waals surface area contributed by atoms with Crippen molar-refractivity contribution in [1.29, 1.82) is 0 Å². The van der Waals surface area contributed by atoms with Gasteiger partial charge in [-0.25, -0.2) is 4.98 Å². The number of hydrogen-bond donors (Lipinski definition) is 1. The van der Waals surface area contributed by atoms with Crippen LogP contribution in [0, 0.1) is 23.7 Å². The van der Waals surface area contributed by atoms with Gasteiger partial charge < -0.3 is 5.32 Å². The number of nitrogens with one attached hydrogen (secondary N) is 1. The SMILES string of the molecule is Cc1cc2ccccc2nc1NCC1C(C)(C)C1(C)C. The number of hydrogen-bond acceptors (Lipinski definition) is 2. The zero-order valence-corrected chi connectivity index (χ0v) is 13.1. The van der Waals surface area contributed by atoms with Gasteiger partial charge in [-0.05, 0) is 41.4 Å². The number of nitrogens with zero attached hydrogens (tertiary/aromatic N) is 1. The molecule has 20 heavy (non-hydrogen) atoms. The number of anilines is 1. The monoisotopic (exact) mass is 268 g/mol. The molecule has 1 heterocycles. The third kappa shape index (κ3) is 1.90. The minimum absolute atomic E-state index is 0.421. The first-order valence-electron chi connectivity index (χ1n) is 7.44. The summed E-state index contributed by atoms with van der Waals surface area (Å²) < 4.78 is 0. The van der Waals surface area contributed by atoms with Gasteiger partial charge in [0.2, 0.25) is 0 Å². The van der Waals surface area contributed by atoms with Crippen molar-refractivity contribution in [3.63, 3.8) is 0 Å². The minimum atomic E-state index is 0.421. The van der Waals surface area contributed by atoms with Gasteiger partial charge in [0, 0.05) is 11.9 Å². The molecule has 1 saturated carbocycles. The molecule has 106 valence electrons. The highest BCUT2D eigenvalue weighted by atomic mass is 15.0. The van der Waals surface area contributed by atoms with Crippen molar-refractivity contribution in [2.75, 3.05) is 11.9 Å². The van der Waals surface area contributed by atoms with E-state index in [1.54, 1.807) is 0 Å². The average molecular weight is 268 g/mol. The maximum absolute atomic E-state index is 4.76. The first kappa shape index (κ1) is 13.4. The maximum atomic E-state index is 4.76. The van der Waals surface area contributed by atoms with Crippen molar-refractivity contribution >= 4 is 16.7 Å². The number of benzene rings is 1. The van der Waals surface area contributed by atoms with E-state index in [1.165, 1.54) is 10.9 Å². The molecule has 2 heteroatoms. The average Bonchev–Trinajstić information content (AvgIpc) is 2.77. The standard InChI is InChI=1S/C18H24N2/c1-12-10-13-8-6-7-9-14(13)20-16(12)19-11-15-17(2,3)18(15,4)5/h6-10,15H,11H2,1-5H3,(H,19,20). The molecule has 0 unspecified atom stereocenters. The van der Waals surface area contributed by atoms with Crippen LogP contribution in [0.2, 0.25) is 0 Å². The fourth-order valence-corrected chi connectivity index (χ4v) is 3.44. The first-order chi connectivity index (χ1) is 9.34. The number of aryl methyl sites for hydroxylation is 1.